The van der Waals surface area contributed by atoms with Gasteiger partial charge < -0.3 is 10.3 Å². The summed E-state index contributed by atoms with van der Waals surface area (Å²) < 4.78 is 0. The Hall–Kier alpha value is -2.14. The van der Waals surface area contributed by atoms with Gasteiger partial charge in [-0.3, -0.25) is 14.5 Å². The Morgan fingerprint density at radius 2 is 2.23 bits per heavy atom. The van der Waals surface area contributed by atoms with Crippen molar-refractivity contribution in [2.24, 2.45) is 0 Å². The number of hydrogen-bond acceptors (Lipinski definition) is 3. The summed E-state index contributed by atoms with van der Waals surface area (Å²) in [5.41, 5.74) is 2.76. The van der Waals surface area contributed by atoms with Gasteiger partial charge in [-0.2, -0.15) is 0 Å². The minimum atomic E-state index is -0.0268. The maximum Gasteiger partial charge on any atom is 0.252 e. The van der Waals surface area contributed by atoms with Gasteiger partial charge in [0.15, 0.2) is 0 Å². The molecule has 1 aromatic heterocycles. The van der Waals surface area contributed by atoms with E-state index in [0.29, 0.717) is 6.54 Å². The van der Waals surface area contributed by atoms with Crippen LogP contribution in [0, 0.1) is 6.92 Å². The second kappa shape index (κ2) is 5.93. The summed E-state index contributed by atoms with van der Waals surface area (Å²) in [6, 6.07) is 8.24. The lowest BCUT2D eigenvalue weighted by Crippen LogP contribution is -2.35. The van der Waals surface area contributed by atoms with Gasteiger partial charge in [-0.05, 0) is 36.4 Å². The molecule has 0 saturated carbocycles. The Morgan fingerprint density at radius 3 is 3.00 bits per heavy atom. The number of H-pyrrole nitrogens is 1. The standard InChI is InChI=1S/C17H21N3O2/c1-11-3-4-13-8-14(17(22)19-16(13)7-11)9-20-6-5-15(10-20)18-12(2)21/h3-4,7-8,15H,5-6,9-10H2,1-2H3,(H,18,21)(H,19,22)/t15-/m1/s1. The second-order valence-corrected chi connectivity index (χ2v) is 6.14. The Morgan fingerprint density at radius 1 is 1.41 bits per heavy atom. The van der Waals surface area contributed by atoms with Gasteiger partial charge in [0, 0.05) is 43.7 Å². The molecule has 1 aliphatic heterocycles. The van der Waals surface area contributed by atoms with Crippen LogP contribution in [0.3, 0.4) is 0 Å². The van der Waals surface area contributed by atoms with Gasteiger partial charge >= 0.3 is 0 Å². The number of fused-ring (bicyclic) bond motifs is 1. The molecule has 1 atom stereocenters. The number of amides is 1. The monoisotopic (exact) mass is 299 g/mol. The van der Waals surface area contributed by atoms with Crippen LogP contribution in [-0.2, 0) is 11.3 Å². The molecular formula is C17H21N3O2. The molecule has 1 saturated heterocycles. The Balaban J connectivity index is 1.77. The Labute approximate surface area is 129 Å². The van der Waals surface area contributed by atoms with E-state index in [-0.39, 0.29) is 17.5 Å². The van der Waals surface area contributed by atoms with E-state index in [1.54, 1.807) is 6.92 Å². The molecule has 0 radical (unpaired) electrons. The van der Waals surface area contributed by atoms with Gasteiger partial charge in [-0.25, -0.2) is 0 Å². The molecule has 1 aliphatic rings. The molecule has 0 aliphatic carbocycles. The van der Waals surface area contributed by atoms with Crippen molar-refractivity contribution in [1.29, 1.82) is 0 Å². The van der Waals surface area contributed by atoms with Crippen molar-refractivity contribution in [3.8, 4) is 0 Å². The average Bonchev–Trinajstić information content (AvgIpc) is 2.86. The third-order valence-corrected chi connectivity index (χ3v) is 4.15. The van der Waals surface area contributed by atoms with Crippen molar-refractivity contribution in [2.75, 3.05) is 13.1 Å². The quantitative estimate of drug-likeness (QED) is 0.903. The number of likely N-dealkylation sites (tertiary alicyclic amines) is 1. The summed E-state index contributed by atoms with van der Waals surface area (Å²) in [6.45, 7) is 5.87. The smallest absolute Gasteiger partial charge is 0.252 e. The summed E-state index contributed by atoms with van der Waals surface area (Å²) in [7, 11) is 0. The summed E-state index contributed by atoms with van der Waals surface area (Å²) in [5.74, 6) is 0.00534. The summed E-state index contributed by atoms with van der Waals surface area (Å²) in [6.07, 6.45) is 0.935. The normalized spacial score (nSPS) is 18.7. The molecule has 2 aromatic rings. The number of benzene rings is 1. The number of aryl methyl sites for hydroxylation is 1. The van der Waals surface area contributed by atoms with E-state index in [1.807, 2.05) is 31.2 Å². The largest absolute Gasteiger partial charge is 0.352 e. The van der Waals surface area contributed by atoms with Crippen molar-refractivity contribution < 1.29 is 4.79 Å². The first-order valence-electron chi connectivity index (χ1n) is 7.63. The van der Waals surface area contributed by atoms with Crippen LogP contribution >= 0.6 is 0 Å². The molecular weight excluding hydrogens is 278 g/mol. The molecule has 116 valence electrons. The van der Waals surface area contributed by atoms with E-state index in [9.17, 15) is 9.59 Å². The lowest BCUT2D eigenvalue weighted by atomic mass is 10.1. The Kier molecular flexibility index (Phi) is 3.98. The van der Waals surface area contributed by atoms with E-state index in [4.69, 9.17) is 0 Å². The van der Waals surface area contributed by atoms with Crippen molar-refractivity contribution in [3.63, 3.8) is 0 Å². The molecule has 5 nitrogen and oxygen atoms in total. The molecule has 3 rings (SSSR count). The fourth-order valence-corrected chi connectivity index (χ4v) is 3.10. The number of nitrogens with zero attached hydrogens (tertiary/aromatic N) is 1. The van der Waals surface area contributed by atoms with Crippen molar-refractivity contribution in [2.45, 2.75) is 32.9 Å². The highest BCUT2D eigenvalue weighted by Gasteiger charge is 2.23. The third kappa shape index (κ3) is 3.20. The van der Waals surface area contributed by atoms with Crippen LogP contribution < -0.4 is 10.9 Å². The molecule has 5 heteroatoms. The van der Waals surface area contributed by atoms with Crippen LogP contribution in [0.2, 0.25) is 0 Å². The van der Waals surface area contributed by atoms with Gasteiger partial charge in [-0.15, -0.1) is 0 Å². The van der Waals surface area contributed by atoms with Gasteiger partial charge in [0.25, 0.3) is 5.56 Å². The van der Waals surface area contributed by atoms with E-state index < -0.39 is 0 Å². The molecule has 0 spiro atoms. The number of nitrogens with one attached hydrogen (secondary N) is 2. The van der Waals surface area contributed by atoms with Crippen LogP contribution in [0.15, 0.2) is 29.1 Å². The van der Waals surface area contributed by atoms with E-state index >= 15 is 0 Å². The zero-order chi connectivity index (χ0) is 15.7. The molecule has 0 bridgehead atoms. The zero-order valence-corrected chi connectivity index (χ0v) is 13.0. The van der Waals surface area contributed by atoms with Crippen LogP contribution in [0.25, 0.3) is 10.9 Å². The lowest BCUT2D eigenvalue weighted by molar-refractivity contribution is -0.119. The van der Waals surface area contributed by atoms with Gasteiger partial charge in [0.2, 0.25) is 5.91 Å². The second-order valence-electron chi connectivity index (χ2n) is 6.14. The van der Waals surface area contributed by atoms with Gasteiger partial charge in [-0.1, -0.05) is 12.1 Å². The SMILES string of the molecule is CC(=O)N[C@@H]1CCN(Cc2cc3ccc(C)cc3[nH]c2=O)C1. The van der Waals surface area contributed by atoms with E-state index in [0.717, 1.165) is 41.5 Å². The maximum atomic E-state index is 12.2. The Bertz CT molecular complexity index is 766. The summed E-state index contributed by atoms with van der Waals surface area (Å²) >= 11 is 0. The molecule has 2 heterocycles. The lowest BCUT2D eigenvalue weighted by Gasteiger charge is -2.16. The molecule has 2 N–H and O–H groups in total. The molecule has 1 amide bonds. The minimum Gasteiger partial charge on any atom is -0.352 e. The number of rotatable bonds is 3. The fourth-order valence-electron chi connectivity index (χ4n) is 3.10. The van der Waals surface area contributed by atoms with Crippen molar-refractivity contribution >= 4 is 16.8 Å². The van der Waals surface area contributed by atoms with E-state index in [2.05, 4.69) is 15.2 Å². The highest BCUT2D eigenvalue weighted by molar-refractivity contribution is 5.79. The summed E-state index contributed by atoms with van der Waals surface area (Å²) in [4.78, 5) is 28.5. The minimum absolute atomic E-state index is 0.00534. The predicted molar refractivity (Wildman–Crippen MR) is 86.8 cm³/mol. The summed E-state index contributed by atoms with van der Waals surface area (Å²) in [5, 5.41) is 3.99. The molecule has 1 aromatic carbocycles. The third-order valence-electron chi connectivity index (χ3n) is 4.15. The van der Waals surface area contributed by atoms with Crippen LogP contribution in [0.4, 0.5) is 0 Å². The van der Waals surface area contributed by atoms with Crippen molar-refractivity contribution in [3.05, 3.63) is 45.7 Å². The van der Waals surface area contributed by atoms with Crippen LogP contribution in [0.5, 0.6) is 0 Å². The molecule has 0 unspecified atom stereocenters. The highest BCUT2D eigenvalue weighted by atomic mass is 16.1. The first-order valence-corrected chi connectivity index (χ1v) is 7.63. The predicted octanol–water partition coefficient (Wildman–Crippen LogP) is 1.55. The van der Waals surface area contributed by atoms with Gasteiger partial charge in [0.05, 0.1) is 0 Å². The maximum absolute atomic E-state index is 12.2. The molecule has 1 fully saturated rings. The zero-order valence-electron chi connectivity index (χ0n) is 13.0. The van der Waals surface area contributed by atoms with Crippen LogP contribution in [-0.4, -0.2) is 34.9 Å². The number of pyridine rings is 1. The van der Waals surface area contributed by atoms with Crippen LogP contribution in [0.1, 0.15) is 24.5 Å². The number of hydrogen-bond donors (Lipinski definition) is 2. The molecule has 22 heavy (non-hydrogen) atoms. The highest BCUT2D eigenvalue weighted by Crippen LogP contribution is 2.16. The van der Waals surface area contributed by atoms with Crippen molar-refractivity contribution in [1.82, 2.24) is 15.2 Å². The van der Waals surface area contributed by atoms with E-state index in [1.165, 1.54) is 0 Å². The first-order chi connectivity index (χ1) is 10.5. The first kappa shape index (κ1) is 14.8. The van der Waals surface area contributed by atoms with Gasteiger partial charge in [0.1, 0.15) is 0 Å². The number of carbonyl (C=O) groups excluding carboxylic acids is 1. The number of aromatic amines is 1. The number of aromatic nitrogens is 1. The fraction of sp³-hybridized carbons (Fsp3) is 0.412. The topological polar surface area (TPSA) is 65.2 Å². The number of carbonyl (C=O) groups is 1. The average molecular weight is 299 g/mol.